The van der Waals surface area contributed by atoms with Crippen LogP contribution in [0, 0.1) is 5.92 Å². The molecule has 1 aromatic rings. The van der Waals surface area contributed by atoms with Crippen LogP contribution >= 0.6 is 11.3 Å². The Morgan fingerprint density at radius 2 is 2.27 bits per heavy atom. The Kier molecular flexibility index (Phi) is 7.74. The van der Waals surface area contributed by atoms with Gasteiger partial charge in [0, 0.05) is 51.2 Å². The lowest BCUT2D eigenvalue weighted by Crippen LogP contribution is -2.40. The van der Waals surface area contributed by atoms with Crippen LogP contribution in [0.2, 0.25) is 0 Å². The van der Waals surface area contributed by atoms with Crippen LogP contribution in [0.1, 0.15) is 31.1 Å². The summed E-state index contributed by atoms with van der Waals surface area (Å²) in [5.74, 6) is 1.84. The molecule has 124 valence electrons. The molecule has 0 spiro atoms. The van der Waals surface area contributed by atoms with Crippen molar-refractivity contribution in [3.8, 4) is 0 Å². The third-order valence-electron chi connectivity index (χ3n) is 4.11. The molecular weight excluding hydrogens is 294 g/mol. The van der Waals surface area contributed by atoms with Crippen LogP contribution < -0.4 is 5.32 Å². The molecule has 22 heavy (non-hydrogen) atoms. The van der Waals surface area contributed by atoms with Crippen molar-refractivity contribution >= 4 is 17.3 Å². The van der Waals surface area contributed by atoms with Crippen molar-refractivity contribution in [2.75, 3.05) is 39.9 Å². The SMILES string of the molecule is CCNC(=NCCc1cccs1)N(C)CCC1CCOCC1. The fourth-order valence-corrected chi connectivity index (χ4v) is 3.41. The van der Waals surface area contributed by atoms with Crippen molar-refractivity contribution in [1.29, 1.82) is 0 Å². The van der Waals surface area contributed by atoms with Gasteiger partial charge in [-0.3, -0.25) is 4.99 Å². The summed E-state index contributed by atoms with van der Waals surface area (Å²) in [6.45, 7) is 6.83. The van der Waals surface area contributed by atoms with Gasteiger partial charge in [0.25, 0.3) is 0 Å². The van der Waals surface area contributed by atoms with E-state index in [1.807, 2.05) is 11.3 Å². The maximum absolute atomic E-state index is 5.43. The van der Waals surface area contributed by atoms with Crippen LogP contribution in [-0.4, -0.2) is 50.8 Å². The largest absolute Gasteiger partial charge is 0.381 e. The maximum atomic E-state index is 5.43. The monoisotopic (exact) mass is 323 g/mol. The Morgan fingerprint density at radius 3 is 2.95 bits per heavy atom. The zero-order valence-corrected chi connectivity index (χ0v) is 14.7. The predicted molar refractivity (Wildman–Crippen MR) is 94.8 cm³/mol. The highest BCUT2D eigenvalue weighted by Gasteiger charge is 2.15. The first-order valence-corrected chi connectivity index (χ1v) is 9.27. The molecule has 1 N–H and O–H groups in total. The quantitative estimate of drug-likeness (QED) is 0.619. The van der Waals surface area contributed by atoms with Gasteiger partial charge in [-0.2, -0.15) is 0 Å². The Labute approximate surface area is 138 Å². The summed E-state index contributed by atoms with van der Waals surface area (Å²) in [6, 6.07) is 4.29. The number of nitrogens with one attached hydrogen (secondary N) is 1. The molecule has 0 bridgehead atoms. The normalized spacial score (nSPS) is 16.7. The number of guanidine groups is 1. The van der Waals surface area contributed by atoms with E-state index in [2.05, 4.69) is 41.7 Å². The molecule has 0 saturated carbocycles. The van der Waals surface area contributed by atoms with Gasteiger partial charge in [-0.1, -0.05) is 6.07 Å². The fraction of sp³-hybridized carbons (Fsp3) is 0.706. The van der Waals surface area contributed by atoms with Gasteiger partial charge in [-0.25, -0.2) is 0 Å². The highest BCUT2D eigenvalue weighted by atomic mass is 32.1. The summed E-state index contributed by atoms with van der Waals surface area (Å²) in [4.78, 5) is 8.44. The zero-order chi connectivity index (χ0) is 15.6. The molecule has 1 fully saturated rings. The van der Waals surface area contributed by atoms with Crippen LogP contribution in [0.5, 0.6) is 0 Å². The zero-order valence-electron chi connectivity index (χ0n) is 13.9. The van der Waals surface area contributed by atoms with Crippen molar-refractivity contribution in [1.82, 2.24) is 10.2 Å². The van der Waals surface area contributed by atoms with Crippen molar-refractivity contribution < 1.29 is 4.74 Å². The molecule has 2 heterocycles. The highest BCUT2D eigenvalue weighted by molar-refractivity contribution is 7.09. The molecule has 0 radical (unpaired) electrons. The van der Waals surface area contributed by atoms with Gasteiger partial charge in [0.1, 0.15) is 0 Å². The molecule has 0 aromatic carbocycles. The van der Waals surface area contributed by atoms with E-state index in [9.17, 15) is 0 Å². The minimum Gasteiger partial charge on any atom is -0.381 e. The van der Waals surface area contributed by atoms with Crippen molar-refractivity contribution in [2.24, 2.45) is 10.9 Å². The summed E-state index contributed by atoms with van der Waals surface area (Å²) >= 11 is 1.81. The third kappa shape index (κ3) is 5.97. The molecule has 1 saturated heterocycles. The van der Waals surface area contributed by atoms with Crippen LogP contribution in [0.25, 0.3) is 0 Å². The van der Waals surface area contributed by atoms with Crippen molar-refractivity contribution in [2.45, 2.75) is 32.6 Å². The first-order valence-electron chi connectivity index (χ1n) is 8.39. The van der Waals surface area contributed by atoms with E-state index < -0.39 is 0 Å². The molecule has 4 nitrogen and oxygen atoms in total. The number of hydrogen-bond acceptors (Lipinski definition) is 3. The van der Waals surface area contributed by atoms with Crippen LogP contribution in [-0.2, 0) is 11.2 Å². The molecule has 2 rings (SSSR count). The molecule has 0 unspecified atom stereocenters. The first-order chi connectivity index (χ1) is 10.8. The molecular formula is C17H29N3OS. The van der Waals surface area contributed by atoms with E-state index in [-0.39, 0.29) is 0 Å². The number of thiophene rings is 1. The van der Waals surface area contributed by atoms with Crippen LogP contribution in [0.15, 0.2) is 22.5 Å². The summed E-state index contributed by atoms with van der Waals surface area (Å²) in [5, 5.41) is 5.53. The fourth-order valence-electron chi connectivity index (χ4n) is 2.71. The number of hydrogen-bond donors (Lipinski definition) is 1. The van der Waals surface area contributed by atoms with E-state index in [1.54, 1.807) is 0 Å². The Bertz CT molecular complexity index is 427. The number of nitrogens with zero attached hydrogens (tertiary/aromatic N) is 2. The number of ether oxygens (including phenoxy) is 1. The summed E-state index contributed by atoms with van der Waals surface area (Å²) < 4.78 is 5.43. The lowest BCUT2D eigenvalue weighted by molar-refractivity contribution is 0.0625. The second kappa shape index (κ2) is 9.85. The molecule has 0 aliphatic carbocycles. The lowest BCUT2D eigenvalue weighted by Gasteiger charge is -2.26. The van der Waals surface area contributed by atoms with E-state index in [0.29, 0.717) is 0 Å². The van der Waals surface area contributed by atoms with E-state index in [0.717, 1.165) is 51.1 Å². The van der Waals surface area contributed by atoms with Gasteiger partial charge in [0.2, 0.25) is 0 Å². The molecule has 0 atom stereocenters. The summed E-state index contributed by atoms with van der Waals surface area (Å²) in [5.41, 5.74) is 0. The molecule has 1 aromatic heterocycles. The van der Waals surface area contributed by atoms with Gasteiger partial charge in [0.05, 0.1) is 0 Å². The molecule has 0 amide bonds. The maximum Gasteiger partial charge on any atom is 0.193 e. The second-order valence-corrected chi connectivity index (χ2v) is 6.86. The van der Waals surface area contributed by atoms with Crippen LogP contribution in [0.4, 0.5) is 0 Å². The minimum atomic E-state index is 0.810. The Morgan fingerprint density at radius 1 is 1.45 bits per heavy atom. The van der Waals surface area contributed by atoms with E-state index in [1.165, 1.54) is 24.1 Å². The van der Waals surface area contributed by atoms with Crippen molar-refractivity contribution in [3.63, 3.8) is 0 Å². The van der Waals surface area contributed by atoms with E-state index >= 15 is 0 Å². The number of aliphatic imine (C=N–C) groups is 1. The number of rotatable bonds is 7. The molecule has 1 aliphatic rings. The smallest absolute Gasteiger partial charge is 0.193 e. The van der Waals surface area contributed by atoms with Gasteiger partial charge in [-0.05, 0) is 43.6 Å². The van der Waals surface area contributed by atoms with Crippen molar-refractivity contribution in [3.05, 3.63) is 22.4 Å². The van der Waals surface area contributed by atoms with E-state index in [4.69, 9.17) is 9.73 Å². The first kappa shape index (κ1) is 17.3. The average molecular weight is 324 g/mol. The third-order valence-corrected chi connectivity index (χ3v) is 5.05. The van der Waals surface area contributed by atoms with Gasteiger partial charge < -0.3 is 15.0 Å². The lowest BCUT2D eigenvalue weighted by atomic mass is 9.96. The highest BCUT2D eigenvalue weighted by Crippen LogP contribution is 2.18. The van der Waals surface area contributed by atoms with Gasteiger partial charge in [0.15, 0.2) is 5.96 Å². The Balaban J connectivity index is 1.77. The minimum absolute atomic E-state index is 0.810. The second-order valence-electron chi connectivity index (χ2n) is 5.83. The topological polar surface area (TPSA) is 36.9 Å². The summed E-state index contributed by atoms with van der Waals surface area (Å²) in [6.07, 6.45) is 4.68. The summed E-state index contributed by atoms with van der Waals surface area (Å²) in [7, 11) is 2.14. The van der Waals surface area contributed by atoms with Crippen LogP contribution in [0.3, 0.4) is 0 Å². The molecule has 1 aliphatic heterocycles. The standard InChI is InChI=1S/C17H29N3OS/c1-3-18-17(19-10-6-16-5-4-14-22-16)20(2)11-7-15-8-12-21-13-9-15/h4-5,14-15H,3,6-13H2,1-2H3,(H,18,19). The van der Waals surface area contributed by atoms with Gasteiger partial charge >= 0.3 is 0 Å². The average Bonchev–Trinajstić information content (AvgIpc) is 3.06. The predicted octanol–water partition coefficient (Wildman–Crippen LogP) is 3.00. The van der Waals surface area contributed by atoms with Gasteiger partial charge in [-0.15, -0.1) is 11.3 Å². The Hall–Kier alpha value is -1.07. The molecule has 5 heteroatoms.